The van der Waals surface area contributed by atoms with Crippen LogP contribution in [0.2, 0.25) is 0 Å². The molecule has 0 amide bonds. The first-order chi connectivity index (χ1) is 7.81. The molecule has 3 unspecified atom stereocenters. The average molecular weight is 237 g/mol. The molecule has 3 atom stereocenters. The van der Waals surface area contributed by atoms with Gasteiger partial charge in [0.2, 0.25) is 0 Å². The molecule has 0 saturated heterocycles. The van der Waals surface area contributed by atoms with E-state index in [1.807, 2.05) is 25.2 Å². The summed E-state index contributed by atoms with van der Waals surface area (Å²) in [5.74, 6) is 0.698. The highest BCUT2D eigenvalue weighted by molar-refractivity contribution is 7.84. The third kappa shape index (κ3) is 2.71. The third-order valence-electron chi connectivity index (χ3n) is 3.31. The van der Waals surface area contributed by atoms with E-state index < -0.39 is 10.8 Å². The minimum absolute atomic E-state index is 0.338. The maximum Gasteiger partial charge on any atom is 0.0504 e. The predicted octanol–water partition coefficient (Wildman–Crippen LogP) is 2.08. The van der Waals surface area contributed by atoms with Gasteiger partial charge in [-0.05, 0) is 25.5 Å². The second kappa shape index (κ2) is 5.60. The fourth-order valence-corrected chi connectivity index (χ4v) is 4.22. The van der Waals surface area contributed by atoms with Gasteiger partial charge in [0.15, 0.2) is 0 Å². The monoisotopic (exact) mass is 237 g/mol. The van der Waals surface area contributed by atoms with Crippen molar-refractivity contribution >= 4 is 10.8 Å². The number of hydrogen-bond acceptors (Lipinski definition) is 2. The van der Waals surface area contributed by atoms with E-state index >= 15 is 0 Å². The van der Waals surface area contributed by atoms with E-state index in [1.165, 1.54) is 18.4 Å². The molecule has 0 heterocycles. The molecule has 1 aliphatic rings. The minimum Gasteiger partial charge on any atom is -0.316 e. The molecule has 16 heavy (non-hydrogen) atoms. The molecule has 1 aliphatic carbocycles. The quantitative estimate of drug-likeness (QED) is 0.868. The van der Waals surface area contributed by atoms with E-state index in [4.69, 9.17) is 0 Å². The molecule has 1 fully saturated rings. The van der Waals surface area contributed by atoms with Crippen LogP contribution in [0.3, 0.4) is 0 Å². The number of nitrogens with one attached hydrogen (secondary N) is 1. The van der Waals surface area contributed by atoms with Gasteiger partial charge in [-0.15, -0.1) is 0 Å². The average Bonchev–Trinajstić information content (AvgIpc) is 2.78. The standard InChI is InChI=1S/C13H19NOS/c1-14-12-8-5-9-13(12)16(15)10-11-6-3-2-4-7-11/h2-4,6-7,12-14H,5,8-10H2,1H3. The second-order valence-electron chi connectivity index (χ2n) is 4.38. The molecule has 1 aromatic rings. The summed E-state index contributed by atoms with van der Waals surface area (Å²) < 4.78 is 12.3. The van der Waals surface area contributed by atoms with Gasteiger partial charge in [0, 0.05) is 22.6 Å². The third-order valence-corrected chi connectivity index (χ3v) is 5.17. The number of hydrogen-bond donors (Lipinski definition) is 1. The molecule has 88 valence electrons. The maximum atomic E-state index is 12.3. The Morgan fingerprint density at radius 2 is 2.06 bits per heavy atom. The van der Waals surface area contributed by atoms with E-state index in [0.29, 0.717) is 17.0 Å². The molecule has 1 aromatic carbocycles. The predicted molar refractivity (Wildman–Crippen MR) is 68.8 cm³/mol. The van der Waals surface area contributed by atoms with Crippen molar-refractivity contribution in [1.82, 2.24) is 5.32 Å². The summed E-state index contributed by atoms with van der Waals surface area (Å²) in [6, 6.07) is 10.6. The summed E-state index contributed by atoms with van der Waals surface area (Å²) in [4.78, 5) is 0. The van der Waals surface area contributed by atoms with Crippen molar-refractivity contribution in [2.75, 3.05) is 7.05 Å². The van der Waals surface area contributed by atoms with Crippen molar-refractivity contribution in [1.29, 1.82) is 0 Å². The molecule has 0 aliphatic heterocycles. The molecule has 0 aromatic heterocycles. The molecule has 0 radical (unpaired) electrons. The molecule has 0 bridgehead atoms. The van der Waals surface area contributed by atoms with Gasteiger partial charge in [0.25, 0.3) is 0 Å². The van der Waals surface area contributed by atoms with Gasteiger partial charge in [-0.25, -0.2) is 0 Å². The highest BCUT2D eigenvalue weighted by Crippen LogP contribution is 2.25. The van der Waals surface area contributed by atoms with Crippen molar-refractivity contribution in [2.45, 2.75) is 36.3 Å². The van der Waals surface area contributed by atoms with E-state index in [1.54, 1.807) is 0 Å². The Bertz CT molecular complexity index is 352. The Balaban J connectivity index is 1.98. The molecule has 0 spiro atoms. The largest absolute Gasteiger partial charge is 0.316 e. The Morgan fingerprint density at radius 3 is 2.75 bits per heavy atom. The fourth-order valence-electron chi connectivity index (χ4n) is 2.42. The lowest BCUT2D eigenvalue weighted by Crippen LogP contribution is -2.36. The van der Waals surface area contributed by atoms with Crippen molar-refractivity contribution in [3.8, 4) is 0 Å². The van der Waals surface area contributed by atoms with Crippen molar-refractivity contribution in [3.05, 3.63) is 35.9 Å². The van der Waals surface area contributed by atoms with Gasteiger partial charge in [-0.2, -0.15) is 0 Å². The van der Waals surface area contributed by atoms with Crippen LogP contribution in [0.5, 0.6) is 0 Å². The zero-order valence-corrected chi connectivity index (χ0v) is 10.5. The first-order valence-corrected chi connectivity index (χ1v) is 7.28. The van der Waals surface area contributed by atoms with Gasteiger partial charge >= 0.3 is 0 Å². The second-order valence-corrected chi connectivity index (χ2v) is 6.03. The topological polar surface area (TPSA) is 29.1 Å². The van der Waals surface area contributed by atoms with E-state index in [2.05, 4.69) is 17.4 Å². The lowest BCUT2D eigenvalue weighted by Gasteiger charge is -2.18. The first-order valence-electron chi connectivity index (χ1n) is 5.89. The van der Waals surface area contributed by atoms with Crippen LogP contribution in [0.1, 0.15) is 24.8 Å². The van der Waals surface area contributed by atoms with Gasteiger partial charge in [0.05, 0.1) is 5.25 Å². The van der Waals surface area contributed by atoms with Gasteiger partial charge in [0.1, 0.15) is 0 Å². The summed E-state index contributed by atoms with van der Waals surface area (Å²) in [6.07, 6.45) is 3.48. The summed E-state index contributed by atoms with van der Waals surface area (Å²) in [6.45, 7) is 0. The van der Waals surface area contributed by atoms with E-state index in [0.717, 1.165) is 6.42 Å². The molecular weight excluding hydrogens is 218 g/mol. The van der Waals surface area contributed by atoms with Crippen LogP contribution < -0.4 is 5.32 Å². The molecular formula is C13H19NOS. The molecule has 1 N–H and O–H groups in total. The lowest BCUT2D eigenvalue weighted by atomic mass is 10.2. The summed E-state index contributed by atoms with van der Waals surface area (Å²) >= 11 is 0. The van der Waals surface area contributed by atoms with E-state index in [-0.39, 0.29) is 0 Å². The van der Waals surface area contributed by atoms with Gasteiger partial charge in [-0.3, -0.25) is 4.21 Å². The van der Waals surface area contributed by atoms with Crippen LogP contribution in [0.25, 0.3) is 0 Å². The maximum absolute atomic E-state index is 12.3. The summed E-state index contributed by atoms with van der Waals surface area (Å²) in [5, 5.41) is 3.63. The van der Waals surface area contributed by atoms with Crippen molar-refractivity contribution < 1.29 is 4.21 Å². The Hall–Kier alpha value is -0.670. The Kier molecular flexibility index (Phi) is 4.13. The first kappa shape index (κ1) is 11.8. The zero-order valence-electron chi connectivity index (χ0n) is 9.69. The van der Waals surface area contributed by atoms with Crippen LogP contribution in [-0.2, 0) is 16.6 Å². The minimum atomic E-state index is -0.739. The van der Waals surface area contributed by atoms with Crippen LogP contribution in [0.15, 0.2) is 30.3 Å². The van der Waals surface area contributed by atoms with Crippen LogP contribution in [0.4, 0.5) is 0 Å². The van der Waals surface area contributed by atoms with Gasteiger partial charge in [-0.1, -0.05) is 36.8 Å². The molecule has 2 rings (SSSR count). The Labute approximate surface area is 99.9 Å². The normalized spacial score (nSPS) is 26.8. The molecule has 2 nitrogen and oxygen atoms in total. The molecule has 3 heteroatoms. The SMILES string of the molecule is CNC1CCCC1S(=O)Cc1ccccc1. The van der Waals surface area contributed by atoms with Crippen LogP contribution in [-0.4, -0.2) is 22.5 Å². The highest BCUT2D eigenvalue weighted by atomic mass is 32.2. The van der Waals surface area contributed by atoms with Crippen molar-refractivity contribution in [3.63, 3.8) is 0 Å². The van der Waals surface area contributed by atoms with Crippen LogP contribution in [0, 0.1) is 0 Å². The summed E-state index contributed by atoms with van der Waals surface area (Å²) in [7, 11) is 1.24. The Morgan fingerprint density at radius 1 is 1.31 bits per heavy atom. The van der Waals surface area contributed by atoms with Crippen molar-refractivity contribution in [2.24, 2.45) is 0 Å². The fraction of sp³-hybridized carbons (Fsp3) is 0.538. The lowest BCUT2D eigenvalue weighted by molar-refractivity contribution is 0.576. The van der Waals surface area contributed by atoms with E-state index in [9.17, 15) is 4.21 Å². The zero-order chi connectivity index (χ0) is 11.4. The van der Waals surface area contributed by atoms with Gasteiger partial charge < -0.3 is 5.32 Å². The smallest absolute Gasteiger partial charge is 0.0504 e. The number of benzene rings is 1. The van der Waals surface area contributed by atoms with Crippen LogP contribution >= 0.6 is 0 Å². The number of rotatable bonds is 4. The molecule has 1 saturated carbocycles. The summed E-state index contributed by atoms with van der Waals surface area (Å²) in [5.41, 5.74) is 1.18. The highest BCUT2D eigenvalue weighted by Gasteiger charge is 2.30.